The molecule has 4 aromatic carbocycles. The van der Waals surface area contributed by atoms with Crippen molar-refractivity contribution in [2.24, 2.45) is 0 Å². The normalized spacial score (nSPS) is 17.2. The molecule has 0 heterocycles. The van der Waals surface area contributed by atoms with E-state index in [4.69, 9.17) is 0 Å². The van der Waals surface area contributed by atoms with E-state index in [1.807, 2.05) is 0 Å². The Hall–Kier alpha value is -2.35. The summed E-state index contributed by atoms with van der Waals surface area (Å²) in [6, 6.07) is 35.7. The Morgan fingerprint density at radius 2 is 0.886 bits per heavy atom. The van der Waals surface area contributed by atoms with E-state index in [2.05, 4.69) is 123 Å². The zero-order valence-corrected chi connectivity index (χ0v) is 22.9. The maximum atomic E-state index is 2.54. The molecule has 0 aliphatic heterocycles. The molecule has 6 rings (SSSR count). The van der Waals surface area contributed by atoms with Gasteiger partial charge in [-0.15, -0.1) is 0 Å². The van der Waals surface area contributed by atoms with E-state index in [1.54, 1.807) is 0 Å². The predicted octanol–water partition coefficient (Wildman–Crippen LogP) is 2.73. The Balaban J connectivity index is 0.00000144. The molecule has 0 fully saturated rings. The molecule has 0 bridgehead atoms. The average molecular weight is 529 g/mol. The molecular formula is C32H26Cl2Ti. The van der Waals surface area contributed by atoms with Gasteiger partial charge in [0.2, 0.25) is 0 Å². The van der Waals surface area contributed by atoms with Crippen molar-refractivity contribution in [3.05, 3.63) is 131 Å². The van der Waals surface area contributed by atoms with Crippen LogP contribution in [0.25, 0.3) is 33.4 Å². The van der Waals surface area contributed by atoms with E-state index in [1.165, 1.54) is 55.7 Å². The Morgan fingerprint density at radius 3 is 1.29 bits per heavy atom. The smallest absolute Gasteiger partial charge is 1.00 e. The SMILES string of the molecule is CC1=C[CH]([Ti+2][CH]2C=C(C)c3cc(-c4ccccc4)ccc32)c2ccc(-c3ccccc3)cc21.[Cl-].[Cl-]. The molecule has 35 heavy (non-hydrogen) atoms. The van der Waals surface area contributed by atoms with E-state index in [0.717, 1.165) is 0 Å². The van der Waals surface area contributed by atoms with Crippen molar-refractivity contribution < 1.29 is 44.0 Å². The van der Waals surface area contributed by atoms with Gasteiger partial charge in [0.25, 0.3) is 0 Å². The van der Waals surface area contributed by atoms with Crippen LogP contribution in [0.2, 0.25) is 0 Å². The number of hydrogen-bond donors (Lipinski definition) is 0. The molecule has 0 amide bonds. The Labute approximate surface area is 229 Å². The van der Waals surface area contributed by atoms with Crippen LogP contribution in [0.3, 0.4) is 0 Å². The Morgan fingerprint density at radius 1 is 0.486 bits per heavy atom. The van der Waals surface area contributed by atoms with Gasteiger partial charge >= 0.3 is 206 Å². The van der Waals surface area contributed by atoms with E-state index >= 15 is 0 Å². The van der Waals surface area contributed by atoms with Gasteiger partial charge in [-0.3, -0.25) is 0 Å². The second-order valence-corrected chi connectivity index (χ2v) is 11.6. The fraction of sp³-hybridized carbons (Fsp3) is 0.125. The van der Waals surface area contributed by atoms with E-state index in [-0.39, 0.29) is 44.0 Å². The third-order valence-corrected chi connectivity index (χ3v) is 9.65. The first-order valence-electron chi connectivity index (χ1n) is 11.7. The van der Waals surface area contributed by atoms with Crippen molar-refractivity contribution in [2.75, 3.05) is 0 Å². The topological polar surface area (TPSA) is 0 Å². The molecule has 2 aliphatic carbocycles. The quantitative estimate of drug-likeness (QED) is 0.357. The van der Waals surface area contributed by atoms with Crippen molar-refractivity contribution >= 4 is 11.1 Å². The van der Waals surface area contributed by atoms with Gasteiger partial charge in [-0.25, -0.2) is 0 Å². The molecule has 0 nitrogen and oxygen atoms in total. The summed E-state index contributed by atoms with van der Waals surface area (Å²) < 4.78 is 1.19. The minimum Gasteiger partial charge on any atom is -1.00 e. The van der Waals surface area contributed by atoms with Crippen molar-refractivity contribution in [3.8, 4) is 22.3 Å². The molecule has 3 heteroatoms. The first kappa shape index (κ1) is 25.7. The molecule has 0 aromatic heterocycles. The Kier molecular flexibility index (Phi) is 7.89. The summed E-state index contributed by atoms with van der Waals surface area (Å²) in [7, 11) is 0. The standard InChI is InChI=1S/2C16H13.2ClH.Ti/c2*1-12-7-8-14-9-10-15(11-16(12)14)13-5-3-2-4-6-13;;;/h2*2-11H,1H3;2*1H;/q;;;;+2/p-2. The number of allylic oxidation sites excluding steroid dienone is 4. The molecular weight excluding hydrogens is 503 g/mol. The van der Waals surface area contributed by atoms with Crippen molar-refractivity contribution in [2.45, 2.75) is 22.3 Å². The van der Waals surface area contributed by atoms with Crippen LogP contribution in [0.4, 0.5) is 0 Å². The van der Waals surface area contributed by atoms with Crippen LogP contribution >= 0.6 is 0 Å². The maximum Gasteiger partial charge on any atom is -1.00 e. The number of benzene rings is 4. The molecule has 2 aliphatic rings. The molecule has 2 atom stereocenters. The number of halogens is 2. The van der Waals surface area contributed by atoms with Crippen LogP contribution in [-0.4, -0.2) is 0 Å². The first-order valence-corrected chi connectivity index (χ1v) is 13.5. The van der Waals surface area contributed by atoms with Crippen LogP contribution in [0.5, 0.6) is 0 Å². The van der Waals surface area contributed by atoms with Gasteiger partial charge in [-0.05, 0) is 0 Å². The van der Waals surface area contributed by atoms with Crippen molar-refractivity contribution in [1.29, 1.82) is 0 Å². The zero-order valence-electron chi connectivity index (χ0n) is 19.8. The van der Waals surface area contributed by atoms with Gasteiger partial charge < -0.3 is 24.8 Å². The van der Waals surface area contributed by atoms with Gasteiger partial charge in [-0.1, -0.05) is 0 Å². The van der Waals surface area contributed by atoms with Crippen LogP contribution in [0.1, 0.15) is 44.5 Å². The molecule has 0 spiro atoms. The van der Waals surface area contributed by atoms with E-state index in [9.17, 15) is 0 Å². The van der Waals surface area contributed by atoms with Crippen molar-refractivity contribution in [1.82, 2.24) is 0 Å². The fourth-order valence-electron chi connectivity index (χ4n) is 5.29. The Bertz CT molecular complexity index is 1300. The summed E-state index contributed by atoms with van der Waals surface area (Å²) in [6.45, 7) is 4.57. The summed E-state index contributed by atoms with van der Waals surface area (Å²) >= 11 is -0.265. The summed E-state index contributed by atoms with van der Waals surface area (Å²) in [5, 5.41) is 0. The van der Waals surface area contributed by atoms with Crippen LogP contribution < -0.4 is 24.8 Å². The van der Waals surface area contributed by atoms with Crippen LogP contribution in [0, 0.1) is 0 Å². The minimum absolute atomic E-state index is 0. The summed E-state index contributed by atoms with van der Waals surface area (Å²) in [4.78, 5) is 0. The van der Waals surface area contributed by atoms with Gasteiger partial charge in [0.15, 0.2) is 0 Å². The van der Waals surface area contributed by atoms with Gasteiger partial charge in [0, 0.05) is 0 Å². The van der Waals surface area contributed by atoms with E-state index < -0.39 is 0 Å². The molecule has 0 N–H and O–H groups in total. The zero-order chi connectivity index (χ0) is 22.4. The van der Waals surface area contributed by atoms with Crippen LogP contribution in [-0.2, 0) is 19.2 Å². The fourth-order valence-corrected chi connectivity index (χ4v) is 8.32. The molecule has 0 radical (unpaired) electrons. The van der Waals surface area contributed by atoms with Crippen LogP contribution in [0.15, 0.2) is 109 Å². The second-order valence-electron chi connectivity index (χ2n) is 9.16. The summed E-state index contributed by atoms with van der Waals surface area (Å²) in [5.41, 5.74) is 14.1. The minimum atomic E-state index is -0.265. The van der Waals surface area contributed by atoms with E-state index in [0.29, 0.717) is 8.45 Å². The maximum absolute atomic E-state index is 2.54. The largest absolute Gasteiger partial charge is 1.00 e. The third kappa shape index (κ3) is 4.86. The number of fused-ring (bicyclic) bond motifs is 2. The van der Waals surface area contributed by atoms with Crippen molar-refractivity contribution in [3.63, 3.8) is 0 Å². The third-order valence-electron chi connectivity index (χ3n) is 7.03. The summed E-state index contributed by atoms with van der Waals surface area (Å²) in [5.74, 6) is 0. The number of hydrogen-bond acceptors (Lipinski definition) is 0. The van der Waals surface area contributed by atoms with Gasteiger partial charge in [-0.2, -0.15) is 0 Å². The molecule has 172 valence electrons. The second kappa shape index (κ2) is 10.7. The molecule has 2 unspecified atom stereocenters. The average Bonchev–Trinajstić information content (AvgIpc) is 3.35. The first-order chi connectivity index (χ1) is 16.2. The monoisotopic (exact) mass is 528 g/mol. The molecule has 4 aromatic rings. The number of rotatable bonds is 4. The summed E-state index contributed by atoms with van der Waals surface area (Å²) in [6.07, 6.45) is 5.08. The predicted molar refractivity (Wildman–Crippen MR) is 137 cm³/mol. The molecule has 0 saturated carbocycles. The van der Waals surface area contributed by atoms with Gasteiger partial charge in [0.05, 0.1) is 0 Å². The van der Waals surface area contributed by atoms with Gasteiger partial charge in [0.1, 0.15) is 0 Å². The molecule has 0 saturated heterocycles.